The minimum Gasteiger partial charge on any atom is -0.462 e. The highest BCUT2D eigenvalue weighted by atomic mass is 16.6. The van der Waals surface area contributed by atoms with Crippen molar-refractivity contribution in [3.63, 3.8) is 0 Å². The Morgan fingerprint density at radius 3 is 0.934 bits per heavy atom. The van der Waals surface area contributed by atoms with Crippen LogP contribution in [0.4, 0.5) is 0 Å². The van der Waals surface area contributed by atoms with Gasteiger partial charge in [-0.15, -0.1) is 0 Å². The van der Waals surface area contributed by atoms with Crippen molar-refractivity contribution in [1.29, 1.82) is 0 Å². The summed E-state index contributed by atoms with van der Waals surface area (Å²) in [4.78, 5) is 38.0. The number of carbonyl (C=O) groups is 3. The van der Waals surface area contributed by atoms with Crippen LogP contribution in [0.5, 0.6) is 0 Å². The minimum absolute atomic E-state index is 0.0847. The van der Waals surface area contributed by atoms with Crippen LogP contribution in [-0.4, -0.2) is 37.2 Å². The van der Waals surface area contributed by atoms with Gasteiger partial charge in [-0.3, -0.25) is 14.4 Å². The second kappa shape index (κ2) is 50.0. The first-order valence-electron chi connectivity index (χ1n) is 26.1. The van der Waals surface area contributed by atoms with Crippen molar-refractivity contribution in [2.45, 2.75) is 271 Å². The fourth-order valence-electron chi connectivity index (χ4n) is 7.28. The zero-order valence-electron chi connectivity index (χ0n) is 40.4. The van der Waals surface area contributed by atoms with Crippen LogP contribution in [-0.2, 0) is 28.6 Å². The Labute approximate surface area is 378 Å². The molecule has 0 bridgehead atoms. The third-order valence-electron chi connectivity index (χ3n) is 11.3. The first-order chi connectivity index (χ1) is 30.0. The van der Waals surface area contributed by atoms with E-state index >= 15 is 0 Å². The van der Waals surface area contributed by atoms with E-state index in [-0.39, 0.29) is 31.1 Å². The van der Waals surface area contributed by atoms with Crippen LogP contribution >= 0.6 is 0 Å². The highest BCUT2D eigenvalue weighted by molar-refractivity contribution is 5.71. The maximum atomic E-state index is 12.8. The summed E-state index contributed by atoms with van der Waals surface area (Å²) < 4.78 is 16.8. The fraction of sp³-hybridized carbons (Fsp3) is 0.800. The second-order valence-electron chi connectivity index (χ2n) is 17.4. The lowest BCUT2D eigenvalue weighted by Crippen LogP contribution is -2.30. The molecular formula is C55H98O6. The standard InChI is InChI=1S/C55H98O6/c1-4-7-10-13-16-19-22-25-27-28-31-33-36-39-42-45-48-54(57)60-51-52(50-59-53(56)47-44-41-38-35-32-29-24-21-18-15-12-9-6-3)61-55(58)49-46-43-40-37-34-30-26-23-20-17-14-11-8-5-2/h19,21-24,26-28,52H,4-18,20,25,29-51H2,1-3H3/b22-19-,24-21-,26-23-,28-27-. The van der Waals surface area contributed by atoms with E-state index in [1.165, 1.54) is 128 Å². The molecule has 0 heterocycles. The zero-order chi connectivity index (χ0) is 44.4. The van der Waals surface area contributed by atoms with Crippen molar-refractivity contribution in [1.82, 2.24) is 0 Å². The van der Waals surface area contributed by atoms with Crippen molar-refractivity contribution in [2.75, 3.05) is 13.2 Å². The molecule has 1 unspecified atom stereocenters. The molecular weight excluding hydrogens is 757 g/mol. The normalized spacial score (nSPS) is 12.4. The number of esters is 3. The lowest BCUT2D eigenvalue weighted by atomic mass is 10.1. The van der Waals surface area contributed by atoms with Crippen LogP contribution in [0.25, 0.3) is 0 Å². The first kappa shape index (κ1) is 58.4. The number of hydrogen-bond acceptors (Lipinski definition) is 6. The Morgan fingerprint density at radius 2 is 0.590 bits per heavy atom. The highest BCUT2D eigenvalue weighted by Gasteiger charge is 2.19. The van der Waals surface area contributed by atoms with Gasteiger partial charge in [0.05, 0.1) is 0 Å². The molecule has 0 N–H and O–H groups in total. The summed E-state index contributed by atoms with van der Waals surface area (Å²) in [5.74, 6) is -0.909. The van der Waals surface area contributed by atoms with Crippen LogP contribution in [0, 0.1) is 0 Å². The molecule has 0 aromatic heterocycles. The van der Waals surface area contributed by atoms with Crippen LogP contribution < -0.4 is 0 Å². The third-order valence-corrected chi connectivity index (χ3v) is 11.3. The molecule has 0 amide bonds. The number of hydrogen-bond donors (Lipinski definition) is 0. The third kappa shape index (κ3) is 48.3. The van der Waals surface area contributed by atoms with Gasteiger partial charge in [0, 0.05) is 19.3 Å². The molecule has 6 heteroatoms. The maximum absolute atomic E-state index is 12.8. The quantitative estimate of drug-likeness (QED) is 0.0263. The second-order valence-corrected chi connectivity index (χ2v) is 17.4. The topological polar surface area (TPSA) is 78.9 Å². The Kier molecular flexibility index (Phi) is 47.9. The van der Waals surface area contributed by atoms with Crippen molar-refractivity contribution in [2.24, 2.45) is 0 Å². The van der Waals surface area contributed by atoms with Gasteiger partial charge in [-0.25, -0.2) is 0 Å². The molecule has 0 radical (unpaired) electrons. The van der Waals surface area contributed by atoms with E-state index in [4.69, 9.17) is 14.2 Å². The highest BCUT2D eigenvalue weighted by Crippen LogP contribution is 2.14. The van der Waals surface area contributed by atoms with Gasteiger partial charge in [-0.2, -0.15) is 0 Å². The van der Waals surface area contributed by atoms with Gasteiger partial charge in [-0.05, 0) is 103 Å². The van der Waals surface area contributed by atoms with E-state index in [9.17, 15) is 14.4 Å². The van der Waals surface area contributed by atoms with Gasteiger partial charge >= 0.3 is 17.9 Å². The molecule has 0 aliphatic rings. The summed E-state index contributed by atoms with van der Waals surface area (Å²) in [6, 6.07) is 0. The number of carbonyl (C=O) groups excluding carboxylic acids is 3. The summed E-state index contributed by atoms with van der Waals surface area (Å²) in [6.45, 7) is 6.58. The average molecular weight is 855 g/mol. The Hall–Kier alpha value is -2.63. The molecule has 0 aromatic rings. The molecule has 1 atom stereocenters. The molecule has 0 fully saturated rings. The van der Waals surface area contributed by atoms with Crippen molar-refractivity contribution in [3.05, 3.63) is 48.6 Å². The van der Waals surface area contributed by atoms with Crippen LogP contribution in [0.15, 0.2) is 48.6 Å². The zero-order valence-corrected chi connectivity index (χ0v) is 40.4. The Balaban J connectivity index is 4.41. The van der Waals surface area contributed by atoms with Crippen molar-refractivity contribution < 1.29 is 28.6 Å². The summed E-state index contributed by atoms with van der Waals surface area (Å²) in [7, 11) is 0. The smallest absolute Gasteiger partial charge is 0.306 e. The largest absolute Gasteiger partial charge is 0.462 e. The molecule has 0 saturated heterocycles. The number of rotatable bonds is 47. The average Bonchev–Trinajstić information content (AvgIpc) is 3.26. The van der Waals surface area contributed by atoms with Crippen LogP contribution in [0.3, 0.4) is 0 Å². The van der Waals surface area contributed by atoms with Gasteiger partial charge in [0.25, 0.3) is 0 Å². The summed E-state index contributed by atoms with van der Waals surface area (Å²) in [6.07, 6.45) is 59.4. The first-order valence-corrected chi connectivity index (χ1v) is 26.1. The van der Waals surface area contributed by atoms with Crippen molar-refractivity contribution in [3.8, 4) is 0 Å². The predicted molar refractivity (Wildman–Crippen MR) is 261 cm³/mol. The van der Waals surface area contributed by atoms with Crippen molar-refractivity contribution >= 4 is 17.9 Å². The maximum Gasteiger partial charge on any atom is 0.306 e. The van der Waals surface area contributed by atoms with E-state index < -0.39 is 6.10 Å². The molecule has 354 valence electrons. The summed E-state index contributed by atoms with van der Waals surface area (Å²) in [5, 5.41) is 0. The summed E-state index contributed by atoms with van der Waals surface area (Å²) in [5.41, 5.74) is 0. The minimum atomic E-state index is -0.784. The monoisotopic (exact) mass is 855 g/mol. The van der Waals surface area contributed by atoms with E-state index in [1.807, 2.05) is 0 Å². The van der Waals surface area contributed by atoms with E-state index in [0.717, 1.165) is 96.3 Å². The van der Waals surface area contributed by atoms with E-state index in [0.29, 0.717) is 19.3 Å². The van der Waals surface area contributed by atoms with Gasteiger partial charge in [-0.1, -0.05) is 191 Å². The molecule has 0 saturated carbocycles. The van der Waals surface area contributed by atoms with Crippen LogP contribution in [0.1, 0.15) is 265 Å². The van der Waals surface area contributed by atoms with Gasteiger partial charge in [0.2, 0.25) is 0 Å². The van der Waals surface area contributed by atoms with E-state index in [2.05, 4.69) is 69.4 Å². The molecule has 0 aliphatic carbocycles. The molecule has 0 rings (SSSR count). The summed E-state index contributed by atoms with van der Waals surface area (Å²) >= 11 is 0. The lowest BCUT2D eigenvalue weighted by molar-refractivity contribution is -0.167. The molecule has 0 aliphatic heterocycles. The molecule has 0 aromatic carbocycles. The lowest BCUT2D eigenvalue weighted by Gasteiger charge is -2.18. The van der Waals surface area contributed by atoms with Gasteiger partial charge < -0.3 is 14.2 Å². The van der Waals surface area contributed by atoms with E-state index in [1.54, 1.807) is 0 Å². The fourth-order valence-corrected chi connectivity index (χ4v) is 7.28. The number of ether oxygens (including phenoxy) is 3. The van der Waals surface area contributed by atoms with Gasteiger partial charge in [0.1, 0.15) is 13.2 Å². The molecule has 61 heavy (non-hydrogen) atoms. The number of unbranched alkanes of at least 4 members (excludes halogenated alkanes) is 28. The SMILES string of the molecule is CCCCCC/C=C\C/C=C\CCCCCCCC(=O)OCC(COC(=O)CCCCCCC/C=C\CCCCCC)OC(=O)CCCCCCC/C=C\CCCCCCC. The molecule has 0 spiro atoms. The molecule has 6 nitrogen and oxygen atoms in total. The number of allylic oxidation sites excluding steroid dienone is 8. The van der Waals surface area contributed by atoms with Crippen LogP contribution in [0.2, 0.25) is 0 Å². The Morgan fingerprint density at radius 1 is 0.328 bits per heavy atom. The predicted octanol–water partition coefficient (Wildman–Crippen LogP) is 17.1. The van der Waals surface area contributed by atoms with Gasteiger partial charge in [0.15, 0.2) is 6.10 Å². The Bertz CT molecular complexity index is 1070.